The van der Waals surface area contributed by atoms with Crippen molar-refractivity contribution in [3.63, 3.8) is 0 Å². The number of benzene rings is 2. The Morgan fingerprint density at radius 1 is 1.08 bits per heavy atom. The number of hydrogen-bond donors (Lipinski definition) is 2. The maximum absolute atomic E-state index is 12.2. The Kier molecular flexibility index (Phi) is 6.39. The Hall–Kier alpha value is -3.02. The van der Waals surface area contributed by atoms with Crippen LogP contribution in [0.15, 0.2) is 42.5 Å². The van der Waals surface area contributed by atoms with Crippen LogP contribution in [0.5, 0.6) is 11.5 Å². The number of amides is 2. The van der Waals surface area contributed by atoms with Gasteiger partial charge in [0.15, 0.2) is 6.61 Å². The Balaban J connectivity index is 2.02. The summed E-state index contributed by atoms with van der Waals surface area (Å²) in [6.45, 7) is 3.35. The maximum Gasteiger partial charge on any atom is 0.262 e. The summed E-state index contributed by atoms with van der Waals surface area (Å²) in [5, 5.41) is 5.40. The van der Waals surface area contributed by atoms with Crippen LogP contribution >= 0.6 is 0 Å². The van der Waals surface area contributed by atoms with Crippen LogP contribution in [0.25, 0.3) is 0 Å². The molecule has 0 aliphatic rings. The average molecular weight is 342 g/mol. The van der Waals surface area contributed by atoms with E-state index in [0.29, 0.717) is 22.9 Å². The van der Waals surface area contributed by atoms with E-state index < -0.39 is 0 Å². The molecule has 2 rings (SSSR count). The number of carbonyl (C=O) groups is 2. The first-order valence-electron chi connectivity index (χ1n) is 7.99. The average Bonchev–Trinajstić information content (AvgIpc) is 2.60. The smallest absolute Gasteiger partial charge is 0.262 e. The molecule has 0 aliphatic carbocycles. The SMILES string of the molecule is CCc1cccc(OCC(=O)Nc2cc(NC(C)=O)ccc2OC)c1. The predicted molar refractivity (Wildman–Crippen MR) is 97.2 cm³/mol. The molecule has 132 valence electrons. The molecular formula is C19H22N2O4. The van der Waals surface area contributed by atoms with Crippen LogP contribution in [-0.4, -0.2) is 25.5 Å². The van der Waals surface area contributed by atoms with E-state index in [-0.39, 0.29) is 18.4 Å². The zero-order chi connectivity index (χ0) is 18.2. The number of rotatable bonds is 7. The van der Waals surface area contributed by atoms with E-state index in [4.69, 9.17) is 9.47 Å². The molecule has 2 aromatic rings. The zero-order valence-electron chi connectivity index (χ0n) is 14.6. The molecule has 6 heteroatoms. The van der Waals surface area contributed by atoms with Gasteiger partial charge < -0.3 is 20.1 Å². The first-order chi connectivity index (χ1) is 12.0. The van der Waals surface area contributed by atoms with Gasteiger partial charge in [0.2, 0.25) is 5.91 Å². The van der Waals surface area contributed by atoms with Gasteiger partial charge in [-0.1, -0.05) is 19.1 Å². The lowest BCUT2D eigenvalue weighted by molar-refractivity contribution is -0.118. The van der Waals surface area contributed by atoms with E-state index in [1.807, 2.05) is 24.3 Å². The van der Waals surface area contributed by atoms with Crippen LogP contribution in [0.2, 0.25) is 0 Å². The number of ether oxygens (including phenoxy) is 2. The molecule has 0 saturated heterocycles. The molecule has 0 bridgehead atoms. The van der Waals surface area contributed by atoms with E-state index in [0.717, 1.165) is 12.0 Å². The lowest BCUT2D eigenvalue weighted by atomic mass is 10.2. The van der Waals surface area contributed by atoms with Crippen molar-refractivity contribution in [1.82, 2.24) is 0 Å². The summed E-state index contributed by atoms with van der Waals surface area (Å²) in [5.41, 5.74) is 2.17. The van der Waals surface area contributed by atoms with Crippen molar-refractivity contribution < 1.29 is 19.1 Å². The molecule has 0 saturated carbocycles. The fourth-order valence-corrected chi connectivity index (χ4v) is 2.28. The zero-order valence-corrected chi connectivity index (χ0v) is 14.6. The van der Waals surface area contributed by atoms with Crippen LogP contribution in [0.1, 0.15) is 19.4 Å². The third-order valence-electron chi connectivity index (χ3n) is 3.47. The Labute approximate surface area is 147 Å². The van der Waals surface area contributed by atoms with E-state index in [1.165, 1.54) is 14.0 Å². The van der Waals surface area contributed by atoms with Gasteiger partial charge in [-0.25, -0.2) is 0 Å². The van der Waals surface area contributed by atoms with Crippen LogP contribution in [0, 0.1) is 0 Å². The van der Waals surface area contributed by atoms with E-state index >= 15 is 0 Å². The largest absolute Gasteiger partial charge is 0.495 e. The van der Waals surface area contributed by atoms with Crippen LogP contribution in [-0.2, 0) is 16.0 Å². The molecule has 2 N–H and O–H groups in total. The number of aryl methyl sites for hydroxylation is 1. The number of anilines is 2. The van der Waals surface area contributed by atoms with Crippen molar-refractivity contribution in [3.05, 3.63) is 48.0 Å². The number of nitrogens with one attached hydrogen (secondary N) is 2. The van der Waals surface area contributed by atoms with Crippen molar-refractivity contribution in [3.8, 4) is 11.5 Å². The summed E-state index contributed by atoms with van der Waals surface area (Å²) >= 11 is 0. The molecule has 2 amide bonds. The van der Waals surface area contributed by atoms with E-state index in [2.05, 4.69) is 17.6 Å². The first-order valence-corrected chi connectivity index (χ1v) is 7.99. The quantitative estimate of drug-likeness (QED) is 0.810. The maximum atomic E-state index is 12.2. The minimum absolute atomic E-state index is 0.124. The molecule has 0 unspecified atom stereocenters. The monoisotopic (exact) mass is 342 g/mol. The van der Waals surface area contributed by atoms with Gasteiger partial charge in [0.25, 0.3) is 5.91 Å². The fourth-order valence-electron chi connectivity index (χ4n) is 2.28. The van der Waals surface area contributed by atoms with Crippen LogP contribution in [0.3, 0.4) is 0 Å². The minimum atomic E-state index is -0.319. The summed E-state index contributed by atoms with van der Waals surface area (Å²) in [5.74, 6) is 0.630. The number of carbonyl (C=O) groups excluding carboxylic acids is 2. The van der Waals surface area contributed by atoms with Gasteiger partial charge in [-0.3, -0.25) is 9.59 Å². The molecular weight excluding hydrogens is 320 g/mol. The second-order valence-electron chi connectivity index (χ2n) is 5.43. The Morgan fingerprint density at radius 2 is 1.88 bits per heavy atom. The fraction of sp³-hybridized carbons (Fsp3) is 0.263. The molecule has 0 aromatic heterocycles. The first kappa shape index (κ1) is 18.3. The van der Waals surface area contributed by atoms with Gasteiger partial charge in [0, 0.05) is 12.6 Å². The normalized spacial score (nSPS) is 10.0. The van der Waals surface area contributed by atoms with Gasteiger partial charge in [-0.2, -0.15) is 0 Å². The summed E-state index contributed by atoms with van der Waals surface area (Å²) in [6.07, 6.45) is 0.899. The molecule has 0 fully saturated rings. The van der Waals surface area contributed by atoms with Gasteiger partial charge in [0.1, 0.15) is 11.5 Å². The molecule has 0 heterocycles. The van der Waals surface area contributed by atoms with E-state index in [9.17, 15) is 9.59 Å². The van der Waals surface area contributed by atoms with Gasteiger partial charge in [0.05, 0.1) is 12.8 Å². The molecule has 0 radical (unpaired) electrons. The highest BCUT2D eigenvalue weighted by Crippen LogP contribution is 2.27. The molecule has 0 aliphatic heterocycles. The lowest BCUT2D eigenvalue weighted by Gasteiger charge is -2.13. The van der Waals surface area contributed by atoms with Crippen LogP contribution in [0.4, 0.5) is 11.4 Å². The summed E-state index contributed by atoms with van der Waals surface area (Å²) in [4.78, 5) is 23.3. The Bertz CT molecular complexity index is 759. The second-order valence-corrected chi connectivity index (χ2v) is 5.43. The lowest BCUT2D eigenvalue weighted by Crippen LogP contribution is -2.20. The molecule has 0 atom stereocenters. The Morgan fingerprint density at radius 3 is 2.56 bits per heavy atom. The number of hydrogen-bond acceptors (Lipinski definition) is 4. The minimum Gasteiger partial charge on any atom is -0.495 e. The summed E-state index contributed by atoms with van der Waals surface area (Å²) in [6, 6.07) is 12.6. The summed E-state index contributed by atoms with van der Waals surface area (Å²) < 4.78 is 10.8. The topological polar surface area (TPSA) is 76.7 Å². The molecule has 25 heavy (non-hydrogen) atoms. The second kappa shape index (κ2) is 8.73. The van der Waals surface area contributed by atoms with Crippen molar-refractivity contribution >= 4 is 23.2 Å². The standard InChI is InChI=1S/C19H22N2O4/c1-4-14-6-5-7-16(10-14)25-12-19(23)21-17-11-15(20-13(2)22)8-9-18(17)24-3/h5-11H,4,12H2,1-3H3,(H,20,22)(H,21,23). The highest BCUT2D eigenvalue weighted by atomic mass is 16.5. The van der Waals surface area contributed by atoms with Gasteiger partial charge in [-0.15, -0.1) is 0 Å². The van der Waals surface area contributed by atoms with Crippen molar-refractivity contribution in [2.45, 2.75) is 20.3 Å². The van der Waals surface area contributed by atoms with Gasteiger partial charge >= 0.3 is 0 Å². The van der Waals surface area contributed by atoms with E-state index in [1.54, 1.807) is 18.2 Å². The predicted octanol–water partition coefficient (Wildman–Crippen LogP) is 3.23. The highest BCUT2D eigenvalue weighted by molar-refractivity contribution is 5.95. The molecule has 2 aromatic carbocycles. The highest BCUT2D eigenvalue weighted by Gasteiger charge is 2.10. The third-order valence-corrected chi connectivity index (χ3v) is 3.47. The van der Waals surface area contributed by atoms with Crippen LogP contribution < -0.4 is 20.1 Å². The molecule has 0 spiro atoms. The van der Waals surface area contributed by atoms with Crippen molar-refractivity contribution in [2.24, 2.45) is 0 Å². The van der Waals surface area contributed by atoms with Crippen molar-refractivity contribution in [2.75, 3.05) is 24.4 Å². The molecule has 6 nitrogen and oxygen atoms in total. The summed E-state index contributed by atoms with van der Waals surface area (Å²) in [7, 11) is 1.51. The number of methoxy groups -OCH3 is 1. The van der Waals surface area contributed by atoms with Crippen molar-refractivity contribution in [1.29, 1.82) is 0 Å². The third kappa shape index (κ3) is 5.53. The van der Waals surface area contributed by atoms with Gasteiger partial charge in [-0.05, 0) is 42.3 Å².